The number of aromatic nitrogens is 1. The van der Waals surface area contributed by atoms with Crippen molar-refractivity contribution < 1.29 is 13.9 Å². The van der Waals surface area contributed by atoms with Crippen molar-refractivity contribution in [1.29, 1.82) is 0 Å². The first-order valence-corrected chi connectivity index (χ1v) is 10.8. The maximum absolute atomic E-state index is 13.3. The van der Waals surface area contributed by atoms with Crippen molar-refractivity contribution in [3.63, 3.8) is 0 Å². The Labute approximate surface area is 192 Å². The van der Waals surface area contributed by atoms with E-state index in [-0.39, 0.29) is 18.2 Å². The molecule has 0 bridgehead atoms. The molecule has 0 atom stereocenters. The highest BCUT2D eigenvalue weighted by molar-refractivity contribution is 7.17. The van der Waals surface area contributed by atoms with E-state index in [1.807, 2.05) is 24.3 Å². The molecule has 0 fully saturated rings. The lowest BCUT2D eigenvalue weighted by Crippen LogP contribution is -2.19. The molecule has 1 N–H and O–H groups in total. The highest BCUT2D eigenvalue weighted by Crippen LogP contribution is 2.28. The van der Waals surface area contributed by atoms with Crippen molar-refractivity contribution in [2.24, 2.45) is 0 Å². The van der Waals surface area contributed by atoms with Crippen LogP contribution in [0, 0.1) is 5.82 Å². The molecule has 0 aliphatic heterocycles. The SMILES string of the molecule is COc1ccc(CCNCc2cc3sccc3n2Cc2ccc(F)cc2)cc1OC.Cl. The van der Waals surface area contributed by atoms with Crippen LogP contribution in [-0.2, 0) is 19.5 Å². The van der Waals surface area contributed by atoms with E-state index in [1.165, 1.54) is 33.6 Å². The monoisotopic (exact) mass is 460 g/mol. The molecule has 2 aromatic carbocycles. The number of ether oxygens (including phenoxy) is 2. The fourth-order valence-electron chi connectivity index (χ4n) is 3.62. The van der Waals surface area contributed by atoms with Crippen LogP contribution >= 0.6 is 23.7 Å². The Kier molecular flexibility index (Phi) is 7.96. The van der Waals surface area contributed by atoms with Crippen LogP contribution in [0.1, 0.15) is 16.8 Å². The molecule has 0 saturated carbocycles. The van der Waals surface area contributed by atoms with Gasteiger partial charge in [-0.15, -0.1) is 23.7 Å². The number of halogens is 2. The van der Waals surface area contributed by atoms with Gasteiger partial charge in [-0.3, -0.25) is 0 Å². The van der Waals surface area contributed by atoms with Crippen molar-refractivity contribution in [3.05, 3.63) is 82.6 Å². The Morgan fingerprint density at radius 3 is 2.42 bits per heavy atom. The molecule has 4 nitrogen and oxygen atoms in total. The van der Waals surface area contributed by atoms with Crippen molar-refractivity contribution >= 4 is 34.0 Å². The number of nitrogens with one attached hydrogen (secondary N) is 1. The highest BCUT2D eigenvalue weighted by Gasteiger charge is 2.11. The summed E-state index contributed by atoms with van der Waals surface area (Å²) in [4.78, 5) is 0. The van der Waals surface area contributed by atoms with Gasteiger partial charge >= 0.3 is 0 Å². The summed E-state index contributed by atoms with van der Waals surface area (Å²) in [6, 6.07) is 17.2. The van der Waals surface area contributed by atoms with Gasteiger partial charge in [-0.1, -0.05) is 18.2 Å². The molecule has 0 spiro atoms. The fourth-order valence-corrected chi connectivity index (χ4v) is 4.47. The first kappa shape index (κ1) is 23.1. The molecule has 0 saturated heterocycles. The minimum Gasteiger partial charge on any atom is -0.493 e. The molecule has 7 heteroatoms. The van der Waals surface area contributed by atoms with Gasteiger partial charge in [-0.2, -0.15) is 0 Å². The largest absolute Gasteiger partial charge is 0.493 e. The van der Waals surface area contributed by atoms with Crippen LogP contribution in [0.4, 0.5) is 4.39 Å². The zero-order valence-corrected chi connectivity index (χ0v) is 19.2. The molecule has 0 unspecified atom stereocenters. The van der Waals surface area contributed by atoms with Gasteiger partial charge in [0, 0.05) is 18.8 Å². The van der Waals surface area contributed by atoms with Gasteiger partial charge in [0.05, 0.1) is 24.4 Å². The van der Waals surface area contributed by atoms with Crippen LogP contribution in [-0.4, -0.2) is 25.3 Å². The summed E-state index contributed by atoms with van der Waals surface area (Å²) in [5.41, 5.74) is 4.74. The Morgan fingerprint density at radius 1 is 0.935 bits per heavy atom. The summed E-state index contributed by atoms with van der Waals surface area (Å²) in [7, 11) is 3.30. The van der Waals surface area contributed by atoms with Gasteiger partial charge in [0.25, 0.3) is 0 Å². The minimum absolute atomic E-state index is 0. The van der Waals surface area contributed by atoms with Crippen molar-refractivity contribution in [2.45, 2.75) is 19.5 Å². The molecule has 4 rings (SSSR count). The molecule has 0 aliphatic carbocycles. The Morgan fingerprint density at radius 2 is 1.68 bits per heavy atom. The van der Waals surface area contributed by atoms with Crippen molar-refractivity contribution in [3.8, 4) is 11.5 Å². The molecule has 0 radical (unpaired) electrons. The maximum atomic E-state index is 13.3. The third-order valence-electron chi connectivity index (χ3n) is 5.21. The smallest absolute Gasteiger partial charge is 0.160 e. The summed E-state index contributed by atoms with van der Waals surface area (Å²) in [6.45, 7) is 2.36. The van der Waals surface area contributed by atoms with Crippen LogP contribution in [0.3, 0.4) is 0 Å². The maximum Gasteiger partial charge on any atom is 0.160 e. The zero-order valence-electron chi connectivity index (χ0n) is 17.6. The quantitative estimate of drug-likeness (QED) is 0.327. The molecule has 0 aliphatic rings. The second kappa shape index (κ2) is 10.7. The first-order chi connectivity index (χ1) is 14.7. The van der Waals surface area contributed by atoms with Crippen molar-refractivity contribution in [2.75, 3.05) is 20.8 Å². The Hall–Kier alpha value is -2.54. The average molecular weight is 461 g/mol. The van der Waals surface area contributed by atoms with Gasteiger partial charge in [0.2, 0.25) is 0 Å². The summed E-state index contributed by atoms with van der Waals surface area (Å²) < 4.78 is 27.5. The van der Waals surface area contributed by atoms with Crippen LogP contribution in [0.5, 0.6) is 11.5 Å². The van der Waals surface area contributed by atoms with Crippen LogP contribution in [0.25, 0.3) is 10.2 Å². The average Bonchev–Trinajstić information content (AvgIpc) is 3.35. The number of thiophene rings is 1. The Balaban J connectivity index is 0.00000272. The standard InChI is InChI=1S/C24H25FN2O2S.ClH/c1-28-22-8-5-17(13-23(22)29-2)9-11-26-15-20-14-24-21(10-12-30-24)27(20)16-18-3-6-19(25)7-4-18;/h3-8,10,12-14,26H,9,11,15-16H2,1-2H3;1H. The topological polar surface area (TPSA) is 35.4 Å². The number of fused-ring (bicyclic) bond motifs is 1. The molecular formula is C24H26ClFN2O2S. The predicted octanol–water partition coefficient (Wildman–Crippen LogP) is 5.66. The number of hydrogen-bond acceptors (Lipinski definition) is 4. The van der Waals surface area contributed by atoms with E-state index in [0.29, 0.717) is 0 Å². The number of rotatable bonds is 9. The van der Waals surface area contributed by atoms with E-state index in [0.717, 1.165) is 43.1 Å². The van der Waals surface area contributed by atoms with E-state index in [4.69, 9.17) is 9.47 Å². The molecule has 164 valence electrons. The van der Waals surface area contributed by atoms with E-state index in [2.05, 4.69) is 33.5 Å². The van der Waals surface area contributed by atoms with E-state index in [9.17, 15) is 4.39 Å². The summed E-state index contributed by atoms with van der Waals surface area (Å²) in [6.07, 6.45) is 0.896. The van der Waals surface area contributed by atoms with E-state index in [1.54, 1.807) is 25.6 Å². The lowest BCUT2D eigenvalue weighted by molar-refractivity contribution is 0.354. The first-order valence-electron chi connectivity index (χ1n) is 9.89. The molecule has 2 heterocycles. The van der Waals surface area contributed by atoms with E-state index >= 15 is 0 Å². The lowest BCUT2D eigenvalue weighted by atomic mass is 10.1. The van der Waals surface area contributed by atoms with Crippen molar-refractivity contribution in [1.82, 2.24) is 9.88 Å². The summed E-state index contributed by atoms with van der Waals surface area (Å²) >= 11 is 1.74. The molecular weight excluding hydrogens is 435 g/mol. The van der Waals surface area contributed by atoms with Gasteiger partial charge in [0.1, 0.15) is 5.82 Å². The third-order valence-corrected chi connectivity index (χ3v) is 6.06. The number of nitrogens with zero attached hydrogens (tertiary/aromatic N) is 1. The lowest BCUT2D eigenvalue weighted by Gasteiger charge is -2.12. The second-order valence-corrected chi connectivity index (χ2v) is 8.08. The van der Waals surface area contributed by atoms with E-state index < -0.39 is 0 Å². The van der Waals surface area contributed by atoms with Gasteiger partial charge in [0.15, 0.2) is 11.5 Å². The van der Waals surface area contributed by atoms with Gasteiger partial charge in [-0.25, -0.2) is 4.39 Å². The third kappa shape index (κ3) is 5.39. The highest BCUT2D eigenvalue weighted by atomic mass is 35.5. The van der Waals surface area contributed by atoms with Gasteiger partial charge in [-0.05, 0) is 65.9 Å². The predicted molar refractivity (Wildman–Crippen MR) is 128 cm³/mol. The molecule has 4 aromatic rings. The molecule has 31 heavy (non-hydrogen) atoms. The number of hydrogen-bond donors (Lipinski definition) is 1. The summed E-state index contributed by atoms with van der Waals surface area (Å²) in [5.74, 6) is 1.29. The zero-order chi connectivity index (χ0) is 20.9. The summed E-state index contributed by atoms with van der Waals surface area (Å²) in [5, 5.41) is 5.67. The molecule has 2 aromatic heterocycles. The second-order valence-electron chi connectivity index (χ2n) is 7.13. The van der Waals surface area contributed by atoms with Crippen LogP contribution < -0.4 is 14.8 Å². The van der Waals surface area contributed by atoms with Crippen LogP contribution in [0.15, 0.2) is 60.0 Å². The Bertz CT molecular complexity index is 1120. The normalized spacial score (nSPS) is 10.8. The number of benzene rings is 2. The van der Waals surface area contributed by atoms with Gasteiger partial charge < -0.3 is 19.4 Å². The molecule has 0 amide bonds. The minimum atomic E-state index is -0.205. The number of methoxy groups -OCH3 is 2. The van der Waals surface area contributed by atoms with Crippen LogP contribution in [0.2, 0.25) is 0 Å². The fraction of sp³-hybridized carbons (Fsp3) is 0.250.